The van der Waals surface area contributed by atoms with E-state index in [1.54, 1.807) is 0 Å². The number of hydrogen-bond acceptors (Lipinski definition) is 4. The van der Waals surface area contributed by atoms with E-state index in [-0.39, 0.29) is 0 Å². The number of rotatable bonds is 5. The first kappa shape index (κ1) is 32.0. The lowest BCUT2D eigenvalue weighted by Crippen LogP contribution is -2.32. The van der Waals surface area contributed by atoms with Crippen LogP contribution in [0.1, 0.15) is 22.3 Å². The standard InChI is InChI=1S/C52H33N3O/c1-3-15-34(16-4-1)35-27-29-37(30-28-35)50-53-49(36-17-5-2-6-18-36)54-51(55-50)42-22-8-7-19-39(42)38-31-32-48-46(33-38)52(45-25-13-14-26-47(45)56-48)43-23-11-9-20-40(43)41-21-10-12-24-44(41)52/h1-33H. The quantitative estimate of drug-likeness (QED) is 0.178. The summed E-state index contributed by atoms with van der Waals surface area (Å²) >= 11 is 0. The minimum atomic E-state index is -0.560. The van der Waals surface area contributed by atoms with E-state index in [1.165, 1.54) is 27.8 Å². The van der Waals surface area contributed by atoms with Gasteiger partial charge in [-0.15, -0.1) is 0 Å². The highest BCUT2D eigenvalue weighted by molar-refractivity contribution is 5.90. The first-order valence-corrected chi connectivity index (χ1v) is 18.9. The highest BCUT2D eigenvalue weighted by Gasteiger charge is 2.51. The Balaban J connectivity index is 1.10. The highest BCUT2D eigenvalue weighted by atomic mass is 16.5. The van der Waals surface area contributed by atoms with Crippen molar-refractivity contribution in [2.75, 3.05) is 0 Å². The van der Waals surface area contributed by atoms with Crippen molar-refractivity contribution in [2.24, 2.45) is 0 Å². The molecular weight excluding hydrogens is 683 g/mol. The zero-order valence-corrected chi connectivity index (χ0v) is 30.3. The molecule has 0 atom stereocenters. The minimum Gasteiger partial charge on any atom is -0.457 e. The molecule has 0 bridgehead atoms. The predicted molar refractivity (Wildman–Crippen MR) is 224 cm³/mol. The van der Waals surface area contributed by atoms with Crippen molar-refractivity contribution in [3.63, 3.8) is 0 Å². The molecule has 0 saturated carbocycles. The number of nitrogens with zero attached hydrogens (tertiary/aromatic N) is 3. The molecule has 0 unspecified atom stereocenters. The minimum absolute atomic E-state index is 0.560. The Morgan fingerprint density at radius 1 is 0.286 bits per heavy atom. The molecule has 1 aliphatic heterocycles. The molecule has 1 spiro atoms. The fourth-order valence-corrected chi connectivity index (χ4v) is 8.74. The molecular formula is C52H33N3O. The highest BCUT2D eigenvalue weighted by Crippen LogP contribution is 2.62. The molecule has 0 fully saturated rings. The van der Waals surface area contributed by atoms with E-state index in [0.717, 1.165) is 56.0 Å². The molecule has 8 aromatic carbocycles. The number of hydrogen-bond donors (Lipinski definition) is 0. The monoisotopic (exact) mass is 715 g/mol. The van der Waals surface area contributed by atoms with Crippen molar-refractivity contribution in [2.45, 2.75) is 5.41 Å². The van der Waals surface area contributed by atoms with Crippen molar-refractivity contribution in [3.8, 4) is 79.0 Å². The van der Waals surface area contributed by atoms with Crippen LogP contribution in [0.4, 0.5) is 0 Å². The summed E-state index contributed by atoms with van der Waals surface area (Å²) in [5.74, 6) is 3.59. The molecule has 2 aliphatic rings. The Kier molecular flexibility index (Phi) is 7.36. The van der Waals surface area contributed by atoms with Crippen LogP contribution in [-0.2, 0) is 5.41 Å². The van der Waals surface area contributed by atoms with E-state index in [1.807, 2.05) is 36.4 Å². The number of para-hydroxylation sites is 1. The normalized spacial score (nSPS) is 12.9. The first-order valence-electron chi connectivity index (χ1n) is 18.9. The van der Waals surface area contributed by atoms with Crippen molar-refractivity contribution in [3.05, 3.63) is 222 Å². The van der Waals surface area contributed by atoms with Gasteiger partial charge in [-0.05, 0) is 62.7 Å². The summed E-state index contributed by atoms with van der Waals surface area (Å²) in [7, 11) is 0. The second-order valence-corrected chi connectivity index (χ2v) is 14.3. The fourth-order valence-electron chi connectivity index (χ4n) is 8.74. The van der Waals surface area contributed by atoms with Gasteiger partial charge in [0.1, 0.15) is 11.5 Å². The molecule has 1 aliphatic carbocycles. The zero-order valence-electron chi connectivity index (χ0n) is 30.3. The molecule has 0 amide bonds. The Labute approximate surface area is 325 Å². The van der Waals surface area contributed by atoms with E-state index < -0.39 is 5.41 Å². The van der Waals surface area contributed by atoms with Crippen LogP contribution >= 0.6 is 0 Å². The van der Waals surface area contributed by atoms with Crippen LogP contribution in [0.25, 0.3) is 67.5 Å². The fraction of sp³-hybridized carbons (Fsp3) is 0.0192. The van der Waals surface area contributed by atoms with E-state index in [4.69, 9.17) is 19.7 Å². The first-order chi connectivity index (χ1) is 27.8. The van der Waals surface area contributed by atoms with Crippen molar-refractivity contribution in [1.29, 1.82) is 0 Å². The van der Waals surface area contributed by atoms with Gasteiger partial charge in [-0.3, -0.25) is 0 Å². The number of aromatic nitrogens is 3. The molecule has 11 rings (SSSR count). The molecule has 0 saturated heterocycles. The Morgan fingerprint density at radius 3 is 1.38 bits per heavy atom. The van der Waals surface area contributed by atoms with Crippen LogP contribution in [0.15, 0.2) is 200 Å². The molecule has 4 nitrogen and oxygen atoms in total. The number of ether oxygens (including phenoxy) is 1. The van der Waals surface area contributed by atoms with Gasteiger partial charge >= 0.3 is 0 Å². The molecule has 1 aromatic heterocycles. The third-order valence-electron chi connectivity index (χ3n) is 11.2. The van der Waals surface area contributed by atoms with Crippen LogP contribution in [0.2, 0.25) is 0 Å². The van der Waals surface area contributed by atoms with Gasteiger partial charge in [-0.1, -0.05) is 182 Å². The summed E-state index contributed by atoms with van der Waals surface area (Å²) in [6.07, 6.45) is 0. The van der Waals surface area contributed by atoms with Gasteiger partial charge in [0, 0.05) is 27.8 Å². The summed E-state index contributed by atoms with van der Waals surface area (Å²) in [5, 5.41) is 0. The van der Waals surface area contributed by atoms with Gasteiger partial charge in [-0.2, -0.15) is 0 Å². The molecule has 0 N–H and O–H groups in total. The van der Waals surface area contributed by atoms with Crippen molar-refractivity contribution < 1.29 is 4.74 Å². The molecule has 9 aromatic rings. The molecule has 262 valence electrons. The maximum Gasteiger partial charge on any atom is 0.164 e. The smallest absolute Gasteiger partial charge is 0.164 e. The van der Waals surface area contributed by atoms with Gasteiger partial charge in [-0.25, -0.2) is 15.0 Å². The summed E-state index contributed by atoms with van der Waals surface area (Å²) in [6, 6.07) is 70.2. The molecule has 4 heteroatoms. The van der Waals surface area contributed by atoms with Crippen molar-refractivity contribution in [1.82, 2.24) is 15.0 Å². The van der Waals surface area contributed by atoms with Crippen LogP contribution in [0.3, 0.4) is 0 Å². The maximum absolute atomic E-state index is 6.73. The van der Waals surface area contributed by atoms with Crippen LogP contribution in [0, 0.1) is 0 Å². The van der Waals surface area contributed by atoms with Crippen LogP contribution in [0.5, 0.6) is 11.5 Å². The summed E-state index contributed by atoms with van der Waals surface area (Å²) in [5.41, 5.74) is 13.9. The zero-order chi connectivity index (χ0) is 37.1. The van der Waals surface area contributed by atoms with E-state index >= 15 is 0 Å². The topological polar surface area (TPSA) is 47.9 Å². The summed E-state index contributed by atoms with van der Waals surface area (Å²) in [4.78, 5) is 15.4. The number of fused-ring (bicyclic) bond motifs is 9. The Hall–Kier alpha value is -7.43. The third kappa shape index (κ3) is 4.96. The molecule has 56 heavy (non-hydrogen) atoms. The molecule has 0 radical (unpaired) electrons. The van der Waals surface area contributed by atoms with Crippen LogP contribution in [-0.4, -0.2) is 15.0 Å². The second-order valence-electron chi connectivity index (χ2n) is 14.3. The summed E-state index contributed by atoms with van der Waals surface area (Å²) < 4.78 is 6.73. The Morgan fingerprint density at radius 2 is 0.714 bits per heavy atom. The third-order valence-corrected chi connectivity index (χ3v) is 11.2. The number of benzene rings is 8. The van der Waals surface area contributed by atoms with E-state index in [2.05, 4.69) is 164 Å². The predicted octanol–water partition coefficient (Wildman–Crippen LogP) is 12.7. The van der Waals surface area contributed by atoms with Crippen LogP contribution < -0.4 is 4.74 Å². The second kappa shape index (κ2) is 12.9. The van der Waals surface area contributed by atoms with Gasteiger partial charge < -0.3 is 4.74 Å². The lowest BCUT2D eigenvalue weighted by Gasteiger charge is -2.39. The Bertz CT molecular complexity index is 2890. The summed E-state index contributed by atoms with van der Waals surface area (Å²) in [6.45, 7) is 0. The van der Waals surface area contributed by atoms with Gasteiger partial charge in [0.05, 0.1) is 5.41 Å². The van der Waals surface area contributed by atoms with Gasteiger partial charge in [0.15, 0.2) is 17.5 Å². The van der Waals surface area contributed by atoms with Gasteiger partial charge in [0.25, 0.3) is 0 Å². The van der Waals surface area contributed by atoms with Crippen molar-refractivity contribution >= 4 is 0 Å². The van der Waals surface area contributed by atoms with Gasteiger partial charge in [0.2, 0.25) is 0 Å². The SMILES string of the molecule is c1ccc(-c2ccc(-c3nc(-c4ccccc4)nc(-c4ccccc4-c4ccc5c(c4)C4(c6ccccc6O5)c5ccccc5-c5ccccc54)n3)cc2)cc1. The lowest BCUT2D eigenvalue weighted by molar-refractivity contribution is 0.436. The maximum atomic E-state index is 6.73. The average Bonchev–Trinajstić information content (AvgIpc) is 3.57. The van der Waals surface area contributed by atoms with E-state index in [0.29, 0.717) is 17.5 Å². The van der Waals surface area contributed by atoms with E-state index in [9.17, 15) is 0 Å². The average molecular weight is 716 g/mol. The lowest BCUT2D eigenvalue weighted by atomic mass is 9.65. The largest absolute Gasteiger partial charge is 0.457 e. The molecule has 2 heterocycles.